The Kier molecular flexibility index (Phi) is 7.69. The summed E-state index contributed by atoms with van der Waals surface area (Å²) in [4.78, 5) is 4.44. The van der Waals surface area contributed by atoms with Gasteiger partial charge in [0.15, 0.2) is 5.96 Å². The van der Waals surface area contributed by atoms with Crippen molar-refractivity contribution in [1.82, 2.24) is 5.32 Å². The number of rotatable bonds is 8. The molecule has 27 heavy (non-hydrogen) atoms. The van der Waals surface area contributed by atoms with E-state index in [9.17, 15) is 0 Å². The van der Waals surface area contributed by atoms with E-state index in [0.717, 1.165) is 44.6 Å². The van der Waals surface area contributed by atoms with Crippen molar-refractivity contribution in [2.24, 2.45) is 10.7 Å². The molecule has 0 aliphatic carbocycles. The van der Waals surface area contributed by atoms with Crippen molar-refractivity contribution in [2.75, 3.05) is 19.8 Å². The minimum atomic E-state index is 0.310. The standard InChI is InChI=1S/C22H29N3O2/c23-22(24-12-9-18-5-2-1-3-6-18)25-16-19-7-4-8-20(15-19)17-27-21-10-13-26-14-11-21/h1-8,15,21H,9-14,16-17H2,(H3,23,24,25). The van der Waals surface area contributed by atoms with E-state index in [2.05, 4.69) is 40.6 Å². The van der Waals surface area contributed by atoms with E-state index >= 15 is 0 Å². The topological polar surface area (TPSA) is 68.9 Å². The third-order valence-corrected chi connectivity index (χ3v) is 4.64. The van der Waals surface area contributed by atoms with Crippen LogP contribution in [0, 0.1) is 0 Å². The van der Waals surface area contributed by atoms with Crippen LogP contribution in [-0.2, 0) is 29.0 Å². The van der Waals surface area contributed by atoms with Gasteiger partial charge in [-0.1, -0.05) is 54.6 Å². The molecule has 0 radical (unpaired) electrons. The van der Waals surface area contributed by atoms with Crippen molar-refractivity contribution in [1.29, 1.82) is 0 Å². The number of ether oxygens (including phenoxy) is 2. The van der Waals surface area contributed by atoms with E-state index in [1.54, 1.807) is 0 Å². The summed E-state index contributed by atoms with van der Waals surface area (Å²) in [6.45, 7) is 3.58. The van der Waals surface area contributed by atoms with Gasteiger partial charge in [-0.3, -0.25) is 0 Å². The fourth-order valence-electron chi connectivity index (χ4n) is 3.09. The lowest BCUT2D eigenvalue weighted by Gasteiger charge is -2.22. The van der Waals surface area contributed by atoms with E-state index in [-0.39, 0.29) is 0 Å². The van der Waals surface area contributed by atoms with Gasteiger partial charge in [0, 0.05) is 19.8 Å². The minimum Gasteiger partial charge on any atom is -0.381 e. The van der Waals surface area contributed by atoms with Crippen molar-refractivity contribution >= 4 is 5.96 Å². The van der Waals surface area contributed by atoms with Crippen molar-refractivity contribution < 1.29 is 9.47 Å². The first-order chi connectivity index (χ1) is 13.3. The average Bonchev–Trinajstić information content (AvgIpc) is 2.73. The van der Waals surface area contributed by atoms with Crippen LogP contribution >= 0.6 is 0 Å². The molecule has 0 bridgehead atoms. The summed E-state index contributed by atoms with van der Waals surface area (Å²) in [5, 5.41) is 3.18. The molecule has 1 aliphatic heterocycles. The highest BCUT2D eigenvalue weighted by Crippen LogP contribution is 2.14. The van der Waals surface area contributed by atoms with Crippen LogP contribution in [-0.4, -0.2) is 31.8 Å². The molecule has 2 aromatic carbocycles. The number of guanidine groups is 1. The maximum atomic E-state index is 5.99. The molecule has 0 amide bonds. The first-order valence-electron chi connectivity index (χ1n) is 9.64. The van der Waals surface area contributed by atoms with E-state index in [1.165, 1.54) is 11.1 Å². The molecule has 0 spiro atoms. The zero-order valence-corrected chi connectivity index (χ0v) is 15.8. The molecule has 144 valence electrons. The molecular weight excluding hydrogens is 338 g/mol. The van der Waals surface area contributed by atoms with Gasteiger partial charge in [-0.05, 0) is 36.0 Å². The molecule has 1 aliphatic rings. The number of aliphatic imine (C=N–C) groups is 1. The lowest BCUT2D eigenvalue weighted by Crippen LogP contribution is -2.33. The Morgan fingerprint density at radius 3 is 2.59 bits per heavy atom. The van der Waals surface area contributed by atoms with Gasteiger partial charge in [0.2, 0.25) is 0 Å². The summed E-state index contributed by atoms with van der Waals surface area (Å²) >= 11 is 0. The Hall–Kier alpha value is -2.37. The summed E-state index contributed by atoms with van der Waals surface area (Å²) in [6.07, 6.45) is 3.20. The highest BCUT2D eigenvalue weighted by molar-refractivity contribution is 5.77. The van der Waals surface area contributed by atoms with Crippen molar-refractivity contribution in [2.45, 2.75) is 38.5 Å². The molecule has 0 unspecified atom stereocenters. The van der Waals surface area contributed by atoms with E-state index in [1.807, 2.05) is 24.3 Å². The summed E-state index contributed by atoms with van der Waals surface area (Å²) in [6, 6.07) is 18.7. The van der Waals surface area contributed by atoms with E-state index in [4.69, 9.17) is 15.2 Å². The van der Waals surface area contributed by atoms with Gasteiger partial charge in [0.05, 0.1) is 19.3 Å². The van der Waals surface area contributed by atoms with E-state index in [0.29, 0.717) is 25.2 Å². The van der Waals surface area contributed by atoms with Crippen LogP contribution in [0.3, 0.4) is 0 Å². The normalized spacial score (nSPS) is 15.6. The summed E-state index contributed by atoms with van der Waals surface area (Å²) in [5.41, 5.74) is 9.58. The first-order valence-corrected chi connectivity index (χ1v) is 9.64. The maximum absolute atomic E-state index is 5.99. The van der Waals surface area contributed by atoms with Crippen LogP contribution in [0.4, 0.5) is 0 Å². The zero-order chi connectivity index (χ0) is 18.7. The number of hydrogen-bond donors (Lipinski definition) is 2. The number of hydrogen-bond acceptors (Lipinski definition) is 3. The molecule has 3 rings (SSSR count). The Morgan fingerprint density at radius 2 is 1.78 bits per heavy atom. The van der Waals surface area contributed by atoms with Gasteiger partial charge in [-0.15, -0.1) is 0 Å². The predicted molar refractivity (Wildman–Crippen MR) is 109 cm³/mol. The summed E-state index contributed by atoms with van der Waals surface area (Å²) in [7, 11) is 0. The SMILES string of the molecule is NC(=NCc1cccc(COC2CCOCC2)c1)NCCc1ccccc1. The second-order valence-electron chi connectivity index (χ2n) is 6.81. The van der Waals surface area contributed by atoms with Gasteiger partial charge in [-0.2, -0.15) is 0 Å². The largest absolute Gasteiger partial charge is 0.381 e. The monoisotopic (exact) mass is 367 g/mol. The Bertz CT molecular complexity index is 713. The van der Waals surface area contributed by atoms with Crippen LogP contribution in [0.5, 0.6) is 0 Å². The molecule has 1 heterocycles. The number of nitrogens with one attached hydrogen (secondary N) is 1. The third kappa shape index (κ3) is 7.04. The fraction of sp³-hybridized carbons (Fsp3) is 0.409. The summed E-state index contributed by atoms with van der Waals surface area (Å²) in [5.74, 6) is 0.481. The highest BCUT2D eigenvalue weighted by Gasteiger charge is 2.13. The number of benzene rings is 2. The first kappa shape index (κ1) is 19.4. The maximum Gasteiger partial charge on any atom is 0.188 e. The lowest BCUT2D eigenvalue weighted by atomic mass is 10.1. The highest BCUT2D eigenvalue weighted by atomic mass is 16.5. The lowest BCUT2D eigenvalue weighted by molar-refractivity contribution is -0.0390. The van der Waals surface area contributed by atoms with E-state index < -0.39 is 0 Å². The van der Waals surface area contributed by atoms with Crippen molar-refractivity contribution in [3.8, 4) is 0 Å². The molecule has 3 N–H and O–H groups in total. The smallest absolute Gasteiger partial charge is 0.188 e. The molecule has 0 atom stereocenters. The zero-order valence-electron chi connectivity index (χ0n) is 15.8. The molecule has 2 aromatic rings. The molecule has 5 nitrogen and oxygen atoms in total. The quantitative estimate of drug-likeness (QED) is 0.556. The van der Waals surface area contributed by atoms with Gasteiger partial charge in [0.25, 0.3) is 0 Å². The fourth-order valence-corrected chi connectivity index (χ4v) is 3.09. The van der Waals surface area contributed by atoms with Crippen molar-refractivity contribution in [3.05, 3.63) is 71.3 Å². The van der Waals surface area contributed by atoms with Gasteiger partial charge in [-0.25, -0.2) is 4.99 Å². The van der Waals surface area contributed by atoms with Crippen molar-refractivity contribution in [3.63, 3.8) is 0 Å². The van der Waals surface area contributed by atoms with Gasteiger partial charge < -0.3 is 20.5 Å². The molecule has 0 saturated carbocycles. The second-order valence-corrected chi connectivity index (χ2v) is 6.81. The van der Waals surface area contributed by atoms with Crippen LogP contribution in [0.1, 0.15) is 29.5 Å². The minimum absolute atomic E-state index is 0.310. The Labute approximate surface area is 161 Å². The molecule has 5 heteroatoms. The second kappa shape index (κ2) is 10.7. The average molecular weight is 367 g/mol. The van der Waals surface area contributed by atoms with Crippen LogP contribution in [0.25, 0.3) is 0 Å². The Balaban J connectivity index is 1.41. The van der Waals surface area contributed by atoms with Crippen LogP contribution in [0.15, 0.2) is 59.6 Å². The molecule has 0 aromatic heterocycles. The van der Waals surface area contributed by atoms with Gasteiger partial charge in [0.1, 0.15) is 0 Å². The third-order valence-electron chi connectivity index (χ3n) is 4.64. The number of nitrogens with two attached hydrogens (primary N) is 1. The summed E-state index contributed by atoms with van der Waals surface area (Å²) < 4.78 is 11.4. The van der Waals surface area contributed by atoms with Gasteiger partial charge >= 0.3 is 0 Å². The molecular formula is C22H29N3O2. The van der Waals surface area contributed by atoms with Crippen LogP contribution in [0.2, 0.25) is 0 Å². The number of nitrogens with zero attached hydrogens (tertiary/aromatic N) is 1. The van der Waals surface area contributed by atoms with Crippen LogP contribution < -0.4 is 11.1 Å². The Morgan fingerprint density at radius 1 is 1.04 bits per heavy atom. The molecule has 1 fully saturated rings. The molecule has 1 saturated heterocycles. The predicted octanol–water partition coefficient (Wildman–Crippen LogP) is 3.03.